The summed E-state index contributed by atoms with van der Waals surface area (Å²) >= 11 is 3.03. The van der Waals surface area contributed by atoms with Crippen LogP contribution >= 0.6 is 23.1 Å². The minimum Gasteiger partial charge on any atom is -0.329 e. The average Bonchev–Trinajstić information content (AvgIpc) is 3.14. The van der Waals surface area contributed by atoms with Gasteiger partial charge >= 0.3 is 0 Å². The van der Waals surface area contributed by atoms with Crippen molar-refractivity contribution >= 4 is 34.7 Å². The van der Waals surface area contributed by atoms with Gasteiger partial charge in [-0.15, -0.1) is 11.3 Å². The van der Waals surface area contributed by atoms with E-state index in [0.717, 1.165) is 27.1 Å². The van der Waals surface area contributed by atoms with Gasteiger partial charge in [-0.25, -0.2) is 9.97 Å². The molecule has 1 aromatic carbocycles. The van der Waals surface area contributed by atoms with Crippen LogP contribution in [-0.2, 0) is 11.8 Å². The smallest absolute Gasteiger partial charge is 0.234 e. The van der Waals surface area contributed by atoms with E-state index < -0.39 is 0 Å². The lowest BCUT2D eigenvalue weighted by atomic mass is 10.1. The quantitative estimate of drug-likeness (QED) is 0.719. The van der Waals surface area contributed by atoms with Crippen LogP contribution in [0.3, 0.4) is 0 Å². The normalized spacial score (nSPS) is 10.7. The standard InChI is InChI=1S/C16H16N4OS2/c1-11-18-14(9-22-11)12-4-3-5-13(8-12)19-15(21)10-23-16-17-6-7-20(16)2/h3-9H,10H2,1-2H3,(H,19,21). The Kier molecular flexibility index (Phi) is 4.78. The molecule has 2 aromatic heterocycles. The molecule has 0 saturated carbocycles. The van der Waals surface area contributed by atoms with Crippen LogP contribution in [0.4, 0.5) is 5.69 Å². The zero-order valence-corrected chi connectivity index (χ0v) is 14.4. The van der Waals surface area contributed by atoms with Crippen LogP contribution in [0.2, 0.25) is 0 Å². The lowest BCUT2D eigenvalue weighted by Gasteiger charge is -2.06. The van der Waals surface area contributed by atoms with Crippen LogP contribution in [0.1, 0.15) is 5.01 Å². The highest BCUT2D eigenvalue weighted by molar-refractivity contribution is 7.99. The van der Waals surface area contributed by atoms with Crippen molar-refractivity contribution in [3.63, 3.8) is 0 Å². The molecule has 0 aliphatic rings. The Labute approximate surface area is 142 Å². The number of carbonyl (C=O) groups is 1. The Balaban J connectivity index is 1.63. The molecule has 0 spiro atoms. The fraction of sp³-hybridized carbons (Fsp3) is 0.188. The van der Waals surface area contributed by atoms with Crippen LogP contribution in [0.15, 0.2) is 47.2 Å². The van der Waals surface area contributed by atoms with E-state index >= 15 is 0 Å². The maximum Gasteiger partial charge on any atom is 0.234 e. The molecule has 3 aromatic rings. The minimum absolute atomic E-state index is 0.0513. The molecular formula is C16H16N4OS2. The fourth-order valence-electron chi connectivity index (χ4n) is 2.07. The van der Waals surface area contributed by atoms with Gasteiger partial charge in [0.15, 0.2) is 5.16 Å². The molecule has 0 radical (unpaired) electrons. The average molecular weight is 344 g/mol. The number of nitrogens with zero attached hydrogens (tertiary/aromatic N) is 3. The number of nitrogens with one attached hydrogen (secondary N) is 1. The summed E-state index contributed by atoms with van der Waals surface area (Å²) in [4.78, 5) is 20.7. The lowest BCUT2D eigenvalue weighted by molar-refractivity contribution is -0.113. The van der Waals surface area contributed by atoms with E-state index in [4.69, 9.17) is 0 Å². The number of rotatable bonds is 5. The molecular weight excluding hydrogens is 328 g/mol. The summed E-state index contributed by atoms with van der Waals surface area (Å²) in [7, 11) is 1.91. The Hall–Kier alpha value is -2.12. The second kappa shape index (κ2) is 6.97. The van der Waals surface area contributed by atoms with E-state index in [9.17, 15) is 4.79 Å². The number of aryl methyl sites for hydroxylation is 2. The highest BCUT2D eigenvalue weighted by Crippen LogP contribution is 2.24. The highest BCUT2D eigenvalue weighted by atomic mass is 32.2. The number of anilines is 1. The van der Waals surface area contributed by atoms with Gasteiger partial charge in [0.25, 0.3) is 0 Å². The van der Waals surface area contributed by atoms with Crippen molar-refractivity contribution in [1.82, 2.24) is 14.5 Å². The van der Waals surface area contributed by atoms with E-state index in [0.29, 0.717) is 5.75 Å². The number of carbonyl (C=O) groups excluding carboxylic acids is 1. The molecule has 23 heavy (non-hydrogen) atoms. The number of hydrogen-bond acceptors (Lipinski definition) is 5. The molecule has 0 aliphatic heterocycles. The second-order valence-corrected chi connectivity index (χ2v) is 6.99. The Morgan fingerprint density at radius 2 is 2.30 bits per heavy atom. The number of hydrogen-bond donors (Lipinski definition) is 1. The molecule has 5 nitrogen and oxygen atoms in total. The summed E-state index contributed by atoms with van der Waals surface area (Å²) in [5.74, 6) is 0.273. The Morgan fingerprint density at radius 3 is 3.00 bits per heavy atom. The summed E-state index contributed by atoms with van der Waals surface area (Å²) in [5, 5.41) is 6.80. The van der Waals surface area contributed by atoms with Crippen LogP contribution in [0.25, 0.3) is 11.3 Å². The van der Waals surface area contributed by atoms with Gasteiger partial charge in [0.2, 0.25) is 5.91 Å². The summed E-state index contributed by atoms with van der Waals surface area (Å²) in [5.41, 5.74) is 2.72. The van der Waals surface area contributed by atoms with E-state index in [2.05, 4.69) is 15.3 Å². The van der Waals surface area contributed by atoms with Gasteiger partial charge < -0.3 is 9.88 Å². The van der Waals surface area contributed by atoms with Crippen molar-refractivity contribution in [3.05, 3.63) is 47.0 Å². The van der Waals surface area contributed by atoms with Crippen molar-refractivity contribution in [1.29, 1.82) is 0 Å². The minimum atomic E-state index is -0.0513. The van der Waals surface area contributed by atoms with Gasteiger partial charge in [-0.2, -0.15) is 0 Å². The van der Waals surface area contributed by atoms with Gasteiger partial charge in [0.1, 0.15) is 0 Å². The second-order valence-electron chi connectivity index (χ2n) is 4.99. The van der Waals surface area contributed by atoms with E-state index in [1.807, 2.05) is 54.4 Å². The third kappa shape index (κ3) is 4.00. The largest absolute Gasteiger partial charge is 0.329 e. The molecule has 0 aliphatic carbocycles. The van der Waals surface area contributed by atoms with E-state index in [1.165, 1.54) is 11.8 Å². The molecule has 3 rings (SSSR count). The van der Waals surface area contributed by atoms with Gasteiger partial charge in [0, 0.05) is 36.1 Å². The third-order valence-corrected chi connectivity index (χ3v) is 5.00. The first kappa shape index (κ1) is 15.8. The predicted molar refractivity (Wildman–Crippen MR) is 94.8 cm³/mol. The zero-order chi connectivity index (χ0) is 16.2. The number of aromatic nitrogens is 3. The lowest BCUT2D eigenvalue weighted by Crippen LogP contribution is -2.14. The molecule has 7 heteroatoms. The first-order valence-corrected chi connectivity index (χ1v) is 8.91. The molecule has 1 N–H and O–H groups in total. The van der Waals surface area contributed by atoms with Crippen molar-refractivity contribution in [3.8, 4) is 11.3 Å². The predicted octanol–water partition coefficient (Wildman–Crippen LogP) is 3.58. The summed E-state index contributed by atoms with van der Waals surface area (Å²) in [6, 6.07) is 7.74. The zero-order valence-electron chi connectivity index (χ0n) is 12.8. The Bertz CT molecular complexity index is 825. The number of thiazole rings is 1. The van der Waals surface area contributed by atoms with Crippen LogP contribution in [0, 0.1) is 6.92 Å². The van der Waals surface area contributed by atoms with Crippen LogP contribution in [-0.4, -0.2) is 26.2 Å². The number of amides is 1. The van der Waals surface area contributed by atoms with Gasteiger partial charge in [0.05, 0.1) is 16.5 Å². The molecule has 118 valence electrons. The Morgan fingerprint density at radius 1 is 1.43 bits per heavy atom. The van der Waals surface area contributed by atoms with Crippen molar-refractivity contribution in [2.75, 3.05) is 11.1 Å². The molecule has 0 fully saturated rings. The monoisotopic (exact) mass is 344 g/mol. The van der Waals surface area contributed by atoms with Crippen LogP contribution in [0.5, 0.6) is 0 Å². The fourth-order valence-corrected chi connectivity index (χ4v) is 3.42. The van der Waals surface area contributed by atoms with Gasteiger partial charge in [-0.1, -0.05) is 23.9 Å². The van der Waals surface area contributed by atoms with Crippen molar-refractivity contribution in [2.45, 2.75) is 12.1 Å². The number of imidazole rings is 1. The molecule has 0 saturated heterocycles. The van der Waals surface area contributed by atoms with Gasteiger partial charge in [-0.05, 0) is 19.1 Å². The summed E-state index contributed by atoms with van der Waals surface area (Å²) in [6.07, 6.45) is 3.58. The molecule has 2 heterocycles. The summed E-state index contributed by atoms with van der Waals surface area (Å²) < 4.78 is 1.89. The van der Waals surface area contributed by atoms with Crippen molar-refractivity contribution < 1.29 is 4.79 Å². The first-order valence-electron chi connectivity index (χ1n) is 7.04. The van der Waals surface area contributed by atoms with E-state index in [1.54, 1.807) is 17.5 Å². The number of benzene rings is 1. The molecule has 0 unspecified atom stereocenters. The maximum atomic E-state index is 12.1. The number of thioether (sulfide) groups is 1. The third-order valence-electron chi connectivity index (χ3n) is 3.17. The molecule has 1 amide bonds. The highest BCUT2D eigenvalue weighted by Gasteiger charge is 2.08. The van der Waals surface area contributed by atoms with Crippen molar-refractivity contribution in [2.24, 2.45) is 7.05 Å². The van der Waals surface area contributed by atoms with Gasteiger partial charge in [-0.3, -0.25) is 4.79 Å². The summed E-state index contributed by atoms with van der Waals surface area (Å²) in [6.45, 7) is 1.98. The topological polar surface area (TPSA) is 59.8 Å². The van der Waals surface area contributed by atoms with E-state index in [-0.39, 0.29) is 5.91 Å². The molecule has 0 atom stereocenters. The molecule has 0 bridgehead atoms. The van der Waals surface area contributed by atoms with Crippen LogP contribution < -0.4 is 5.32 Å². The SMILES string of the molecule is Cc1nc(-c2cccc(NC(=O)CSc3nccn3C)c2)cs1. The maximum absolute atomic E-state index is 12.1. The first-order chi connectivity index (χ1) is 11.1.